The first-order valence-electron chi connectivity index (χ1n) is 11.7. The first kappa shape index (κ1) is 25.7. The predicted molar refractivity (Wildman–Crippen MR) is 161 cm³/mol. The van der Waals surface area contributed by atoms with Crippen molar-refractivity contribution in [1.29, 1.82) is 0 Å². The number of hydrogen-bond donors (Lipinski definition) is 5. The van der Waals surface area contributed by atoms with Gasteiger partial charge in [-0.15, -0.1) is 67.9 Å². The van der Waals surface area contributed by atoms with E-state index >= 15 is 0 Å². The first-order chi connectivity index (χ1) is 18.6. The summed E-state index contributed by atoms with van der Waals surface area (Å²) in [4.78, 5) is 4.74. The summed E-state index contributed by atoms with van der Waals surface area (Å²) in [5.41, 5.74) is 5.64. The number of rotatable bonds is 4. The molecule has 8 nitrogen and oxygen atoms in total. The average molecular weight is 564 g/mol. The number of fused-ring (bicyclic) bond motifs is 2. The van der Waals surface area contributed by atoms with Crippen molar-refractivity contribution in [3.63, 3.8) is 0 Å². The summed E-state index contributed by atoms with van der Waals surface area (Å²) in [6.07, 6.45) is 0.108. The Morgan fingerprint density at radius 1 is 0.615 bits per heavy atom. The van der Waals surface area contributed by atoms with Gasteiger partial charge >= 0.3 is 0 Å². The molecule has 0 bridgehead atoms. The molecule has 0 atom stereocenters. The van der Waals surface area contributed by atoms with Gasteiger partial charge in [-0.25, -0.2) is 0 Å². The molecule has 0 aliphatic rings. The van der Waals surface area contributed by atoms with E-state index in [-0.39, 0.29) is 23.6 Å². The predicted octanol–water partition coefficient (Wildman–Crippen LogP) is 2.92. The van der Waals surface area contributed by atoms with Crippen molar-refractivity contribution in [3.8, 4) is 22.9 Å². The summed E-state index contributed by atoms with van der Waals surface area (Å²) in [5.74, 6) is -0.175. The van der Waals surface area contributed by atoms with Crippen molar-refractivity contribution in [2.75, 3.05) is 0 Å². The monoisotopic (exact) mass is 564 g/mol. The third kappa shape index (κ3) is 4.64. The summed E-state index contributed by atoms with van der Waals surface area (Å²) in [7, 11) is 12.4. The molecule has 4 aromatic carbocycles. The molecule has 13 heteroatoms. The Labute approximate surface area is 242 Å². The molecule has 2 heterocycles. The number of aromatic hydroxyl groups is 2. The van der Waals surface area contributed by atoms with Gasteiger partial charge in [-0.05, 0) is 48.9 Å². The normalized spacial score (nSPS) is 11.6. The minimum absolute atomic E-state index is 0.0822. The van der Waals surface area contributed by atoms with Gasteiger partial charge in [0.1, 0.15) is 60.6 Å². The smallest absolute Gasteiger partial charge is 0.146 e. The highest BCUT2D eigenvalue weighted by molar-refractivity contribution is 7.83. The van der Waals surface area contributed by atoms with Crippen LogP contribution in [0.15, 0.2) is 63.2 Å². The highest BCUT2D eigenvalue weighted by Crippen LogP contribution is 2.33. The van der Waals surface area contributed by atoms with Crippen LogP contribution in [0, 0.1) is 6.92 Å². The number of phenols is 2. The van der Waals surface area contributed by atoms with Crippen molar-refractivity contribution in [3.05, 3.63) is 65.2 Å². The van der Waals surface area contributed by atoms with Gasteiger partial charge in [0.05, 0.1) is 0 Å². The van der Waals surface area contributed by atoms with E-state index in [1.165, 1.54) is 9.59 Å². The van der Waals surface area contributed by atoms with Crippen LogP contribution < -0.4 is 10.9 Å². The Morgan fingerprint density at radius 3 is 1.44 bits per heavy atom. The van der Waals surface area contributed by atoms with E-state index in [0.29, 0.717) is 59.6 Å². The molecule has 188 valence electrons. The second-order valence-electron chi connectivity index (χ2n) is 9.21. The Balaban J connectivity index is 1.42. The van der Waals surface area contributed by atoms with Gasteiger partial charge in [0.25, 0.3) is 0 Å². The average Bonchev–Trinajstić information content (AvgIpc) is 3.47. The Bertz CT molecular complexity index is 1740. The van der Waals surface area contributed by atoms with Gasteiger partial charge in [-0.2, -0.15) is 0 Å². The molecular weight excluding hydrogens is 546 g/mol. The van der Waals surface area contributed by atoms with E-state index in [1.807, 2.05) is 19.1 Å². The largest absolute Gasteiger partial charge is 0.505 e. The standard InChI is InChI=1S/C26H18B2N6O2S3/c1-11-2-16-17(8-22(11)37)30-33(29-16)20-6-14(27)4-12(25(20)35)3-13-5-15(28)7-21(26(13)36)34-31-18-9-23(38)24(39)10-19(18)32-34/h2,4-10,35-39H,3H2,1H3. The topological polar surface area (TPSA) is 102 Å². The molecule has 2 N–H and O–H groups in total. The maximum absolute atomic E-state index is 11.2. The molecule has 2 aromatic heterocycles. The maximum atomic E-state index is 11.2. The van der Waals surface area contributed by atoms with Crippen molar-refractivity contribution in [2.45, 2.75) is 28.0 Å². The van der Waals surface area contributed by atoms with Crippen LogP contribution in [0.2, 0.25) is 0 Å². The quantitative estimate of drug-likeness (QED) is 0.167. The van der Waals surface area contributed by atoms with Crippen LogP contribution in [0.1, 0.15) is 16.7 Å². The van der Waals surface area contributed by atoms with E-state index in [1.54, 1.807) is 36.4 Å². The lowest BCUT2D eigenvalue weighted by Gasteiger charge is -2.14. The summed E-state index contributed by atoms with van der Waals surface area (Å²) in [6, 6.07) is 13.6. The second-order valence-corrected chi connectivity index (χ2v) is 10.7. The van der Waals surface area contributed by atoms with Gasteiger partial charge in [-0.3, -0.25) is 0 Å². The van der Waals surface area contributed by atoms with Crippen LogP contribution in [0.25, 0.3) is 33.4 Å². The molecule has 0 saturated heterocycles. The van der Waals surface area contributed by atoms with Crippen LogP contribution in [0.3, 0.4) is 0 Å². The molecule has 0 fully saturated rings. The fourth-order valence-corrected chi connectivity index (χ4v) is 4.96. The van der Waals surface area contributed by atoms with Gasteiger partial charge in [0.2, 0.25) is 0 Å². The van der Waals surface area contributed by atoms with Crippen LogP contribution in [-0.2, 0) is 6.42 Å². The second kappa shape index (κ2) is 9.58. The Morgan fingerprint density at radius 2 is 1.00 bits per heavy atom. The Hall–Kier alpha value is -3.54. The zero-order chi connectivity index (χ0) is 27.6. The molecule has 0 saturated carbocycles. The van der Waals surface area contributed by atoms with E-state index < -0.39 is 0 Å². The zero-order valence-corrected chi connectivity index (χ0v) is 23.1. The molecule has 0 amide bonds. The van der Waals surface area contributed by atoms with Gasteiger partial charge in [0.15, 0.2) is 0 Å². The third-order valence-electron chi connectivity index (χ3n) is 6.37. The number of aryl methyl sites for hydroxylation is 1. The van der Waals surface area contributed by atoms with Gasteiger partial charge in [-0.1, -0.05) is 23.1 Å². The first-order valence-corrected chi connectivity index (χ1v) is 13.0. The summed E-state index contributed by atoms with van der Waals surface area (Å²) in [6.45, 7) is 1.93. The number of aromatic nitrogens is 6. The number of hydrogen-bond acceptors (Lipinski definition) is 9. The van der Waals surface area contributed by atoms with Crippen molar-refractivity contribution < 1.29 is 10.2 Å². The van der Waals surface area contributed by atoms with Crippen LogP contribution in [0.5, 0.6) is 11.5 Å². The lowest BCUT2D eigenvalue weighted by Crippen LogP contribution is -2.12. The van der Waals surface area contributed by atoms with E-state index in [0.717, 1.165) is 10.5 Å². The molecule has 0 aliphatic carbocycles. The number of benzene rings is 4. The van der Waals surface area contributed by atoms with Crippen molar-refractivity contribution >= 4 is 86.6 Å². The maximum Gasteiger partial charge on any atom is 0.146 e. The number of phenolic OH excluding ortho intramolecular Hbond substituents is 2. The highest BCUT2D eigenvalue weighted by Gasteiger charge is 2.19. The van der Waals surface area contributed by atoms with Crippen molar-refractivity contribution in [2.24, 2.45) is 0 Å². The summed E-state index contributed by atoms with van der Waals surface area (Å²) < 4.78 is 0. The number of thiol groups is 3. The van der Waals surface area contributed by atoms with Crippen LogP contribution in [0.4, 0.5) is 0 Å². The van der Waals surface area contributed by atoms with Gasteiger partial charge < -0.3 is 10.2 Å². The van der Waals surface area contributed by atoms with Crippen molar-refractivity contribution in [1.82, 2.24) is 30.0 Å². The molecular formula is C26H18B2N6O2S3. The summed E-state index contributed by atoms with van der Waals surface area (Å²) in [5, 5.41) is 40.4. The van der Waals surface area contributed by atoms with Crippen LogP contribution in [-0.4, -0.2) is 55.9 Å². The molecule has 39 heavy (non-hydrogen) atoms. The van der Waals surface area contributed by atoms with E-state index in [9.17, 15) is 10.2 Å². The molecule has 6 aromatic rings. The molecule has 0 spiro atoms. The van der Waals surface area contributed by atoms with Crippen LogP contribution >= 0.6 is 37.9 Å². The zero-order valence-electron chi connectivity index (χ0n) is 20.4. The Kier molecular flexibility index (Phi) is 6.32. The lowest BCUT2D eigenvalue weighted by molar-refractivity contribution is 0.456. The van der Waals surface area contributed by atoms with E-state index in [4.69, 9.17) is 15.7 Å². The SMILES string of the molecule is [B]c1cc(Cc2cc([B])cc(-n3nc4cc(S)c(S)cc4n3)c2O)c(O)c(-n2nc3cc(C)c(S)cc3n2)c1. The molecule has 0 unspecified atom stereocenters. The molecule has 6 rings (SSSR count). The van der Waals surface area contributed by atoms with E-state index in [2.05, 4.69) is 58.3 Å². The summed E-state index contributed by atoms with van der Waals surface area (Å²) >= 11 is 13.2. The highest BCUT2D eigenvalue weighted by atomic mass is 32.1. The fourth-order valence-electron chi connectivity index (χ4n) is 4.40. The minimum atomic E-state index is -0.0928. The lowest BCUT2D eigenvalue weighted by atomic mass is 9.88. The minimum Gasteiger partial charge on any atom is -0.505 e. The van der Waals surface area contributed by atoms with Gasteiger partial charge in [0, 0.05) is 32.2 Å². The third-order valence-corrected chi connectivity index (χ3v) is 7.77. The molecule has 0 aliphatic heterocycles. The number of nitrogens with zero attached hydrogens (tertiary/aromatic N) is 6. The fraction of sp³-hybridized carbons (Fsp3) is 0.0769. The molecule has 4 radical (unpaired) electrons.